The van der Waals surface area contributed by atoms with Crippen LogP contribution in [0.3, 0.4) is 0 Å². The SMILES string of the molecule is Cc1nc(COc2ccc(Cl)cc2)sc1C(=O)NCCCn1cnc2ccccc21. The second-order valence-corrected chi connectivity index (χ2v) is 8.32. The van der Waals surface area contributed by atoms with Gasteiger partial charge in [0.25, 0.3) is 5.91 Å². The van der Waals surface area contributed by atoms with Crippen molar-refractivity contribution in [2.45, 2.75) is 26.5 Å². The molecule has 4 rings (SSSR count). The molecule has 0 atom stereocenters. The summed E-state index contributed by atoms with van der Waals surface area (Å²) in [5.74, 6) is 0.614. The first-order valence-corrected chi connectivity index (χ1v) is 10.8. The zero-order chi connectivity index (χ0) is 20.9. The number of nitrogens with zero attached hydrogens (tertiary/aromatic N) is 3. The Bertz CT molecular complexity index is 1150. The van der Waals surface area contributed by atoms with Crippen LogP contribution in [0.5, 0.6) is 5.75 Å². The monoisotopic (exact) mass is 440 g/mol. The molecule has 0 radical (unpaired) electrons. The number of hydrogen-bond donors (Lipinski definition) is 1. The molecule has 1 amide bonds. The third-order valence-electron chi connectivity index (χ3n) is 4.61. The van der Waals surface area contributed by atoms with E-state index in [2.05, 4.69) is 25.9 Å². The zero-order valence-electron chi connectivity index (χ0n) is 16.5. The van der Waals surface area contributed by atoms with E-state index in [1.54, 1.807) is 24.3 Å². The van der Waals surface area contributed by atoms with Gasteiger partial charge in [0.1, 0.15) is 22.2 Å². The number of carbonyl (C=O) groups is 1. The number of amides is 1. The number of halogens is 1. The maximum atomic E-state index is 12.5. The molecule has 2 aromatic carbocycles. The molecule has 0 aliphatic rings. The van der Waals surface area contributed by atoms with Gasteiger partial charge in [0.15, 0.2) is 0 Å². The molecular weight excluding hydrogens is 420 g/mol. The number of carbonyl (C=O) groups excluding carboxylic acids is 1. The fourth-order valence-corrected chi connectivity index (χ4v) is 4.14. The van der Waals surface area contributed by atoms with Crippen molar-refractivity contribution in [2.75, 3.05) is 6.54 Å². The van der Waals surface area contributed by atoms with Crippen LogP contribution in [0.4, 0.5) is 0 Å². The predicted octanol–water partition coefficient (Wildman–Crippen LogP) is 4.85. The Balaban J connectivity index is 1.27. The highest BCUT2D eigenvalue weighted by Gasteiger charge is 2.15. The molecule has 30 heavy (non-hydrogen) atoms. The number of nitrogens with one attached hydrogen (secondary N) is 1. The molecule has 154 valence electrons. The number of imidazole rings is 1. The van der Waals surface area contributed by atoms with Crippen molar-refractivity contribution in [1.29, 1.82) is 0 Å². The second kappa shape index (κ2) is 9.28. The van der Waals surface area contributed by atoms with Crippen LogP contribution in [0.1, 0.15) is 26.8 Å². The van der Waals surface area contributed by atoms with Crippen molar-refractivity contribution in [2.24, 2.45) is 0 Å². The van der Waals surface area contributed by atoms with Gasteiger partial charge in [0.2, 0.25) is 0 Å². The van der Waals surface area contributed by atoms with E-state index in [1.165, 1.54) is 11.3 Å². The van der Waals surface area contributed by atoms with E-state index in [-0.39, 0.29) is 5.91 Å². The van der Waals surface area contributed by atoms with E-state index < -0.39 is 0 Å². The predicted molar refractivity (Wildman–Crippen MR) is 119 cm³/mol. The number of aryl methyl sites for hydroxylation is 2. The second-order valence-electron chi connectivity index (χ2n) is 6.80. The Morgan fingerprint density at radius 3 is 2.83 bits per heavy atom. The van der Waals surface area contributed by atoms with E-state index in [9.17, 15) is 4.79 Å². The van der Waals surface area contributed by atoms with Crippen molar-refractivity contribution in [3.63, 3.8) is 0 Å². The number of thiazole rings is 1. The summed E-state index contributed by atoms with van der Waals surface area (Å²) >= 11 is 7.24. The number of para-hydroxylation sites is 2. The van der Waals surface area contributed by atoms with Crippen molar-refractivity contribution in [3.8, 4) is 5.75 Å². The summed E-state index contributed by atoms with van der Waals surface area (Å²) in [5.41, 5.74) is 2.80. The maximum absolute atomic E-state index is 12.5. The van der Waals surface area contributed by atoms with E-state index in [4.69, 9.17) is 16.3 Å². The molecule has 0 aliphatic carbocycles. The summed E-state index contributed by atoms with van der Waals surface area (Å²) in [6.45, 7) is 3.53. The van der Waals surface area contributed by atoms with E-state index in [0.717, 1.165) is 29.0 Å². The Labute approximate surface area is 183 Å². The Kier molecular flexibility index (Phi) is 6.30. The maximum Gasteiger partial charge on any atom is 0.263 e. The van der Waals surface area contributed by atoms with Gasteiger partial charge in [-0.05, 0) is 49.7 Å². The summed E-state index contributed by atoms with van der Waals surface area (Å²) < 4.78 is 7.82. The third-order valence-corrected chi connectivity index (χ3v) is 5.99. The quantitative estimate of drug-likeness (QED) is 0.397. The molecule has 6 nitrogen and oxygen atoms in total. The standard InChI is InChI=1S/C22H21ClN4O2S/c1-15-21(30-20(26-15)13-29-17-9-7-16(23)8-10-17)22(28)24-11-4-12-27-14-25-18-5-2-3-6-19(18)27/h2-3,5-10,14H,4,11-13H2,1H3,(H,24,28). The highest BCUT2D eigenvalue weighted by molar-refractivity contribution is 7.13. The summed E-state index contributed by atoms with van der Waals surface area (Å²) in [5, 5.41) is 4.41. The molecule has 0 bridgehead atoms. The van der Waals surface area contributed by atoms with E-state index in [0.29, 0.717) is 34.5 Å². The number of aromatic nitrogens is 3. The average Bonchev–Trinajstić information content (AvgIpc) is 3.34. The van der Waals surface area contributed by atoms with Crippen molar-refractivity contribution in [3.05, 3.63) is 75.5 Å². The highest BCUT2D eigenvalue weighted by atomic mass is 35.5. The number of rotatable bonds is 8. The molecular formula is C22H21ClN4O2S. The topological polar surface area (TPSA) is 69.0 Å². The lowest BCUT2D eigenvalue weighted by Gasteiger charge is -2.06. The van der Waals surface area contributed by atoms with Crippen molar-refractivity contribution >= 4 is 39.9 Å². The van der Waals surface area contributed by atoms with E-state index >= 15 is 0 Å². The van der Waals surface area contributed by atoms with Gasteiger partial charge < -0.3 is 14.6 Å². The lowest BCUT2D eigenvalue weighted by atomic mass is 10.3. The molecule has 1 N–H and O–H groups in total. The summed E-state index contributed by atoms with van der Waals surface area (Å²) in [6, 6.07) is 15.2. The molecule has 0 fully saturated rings. The fourth-order valence-electron chi connectivity index (χ4n) is 3.12. The number of ether oxygens (including phenoxy) is 1. The Morgan fingerprint density at radius 2 is 2.00 bits per heavy atom. The Morgan fingerprint density at radius 1 is 1.20 bits per heavy atom. The smallest absolute Gasteiger partial charge is 0.263 e. The summed E-state index contributed by atoms with van der Waals surface area (Å²) in [7, 11) is 0. The van der Waals surface area contributed by atoms with Crippen LogP contribution >= 0.6 is 22.9 Å². The molecule has 0 saturated heterocycles. The number of fused-ring (bicyclic) bond motifs is 1. The first kappa shape index (κ1) is 20.4. The highest BCUT2D eigenvalue weighted by Crippen LogP contribution is 2.21. The van der Waals surface area contributed by atoms with Gasteiger partial charge in [-0.3, -0.25) is 4.79 Å². The lowest BCUT2D eigenvalue weighted by molar-refractivity contribution is 0.0956. The normalized spacial score (nSPS) is 11.0. The van der Waals surface area contributed by atoms with Crippen LogP contribution in [0.2, 0.25) is 5.02 Å². The first-order chi connectivity index (χ1) is 14.6. The minimum Gasteiger partial charge on any atom is -0.486 e. The number of hydrogen-bond acceptors (Lipinski definition) is 5. The Hall–Kier alpha value is -2.90. The molecule has 0 aliphatic heterocycles. The lowest BCUT2D eigenvalue weighted by Crippen LogP contribution is -2.25. The van der Waals surface area contributed by atoms with Gasteiger partial charge in [-0.2, -0.15) is 0 Å². The van der Waals surface area contributed by atoms with Crippen LogP contribution < -0.4 is 10.1 Å². The van der Waals surface area contributed by atoms with Gasteiger partial charge >= 0.3 is 0 Å². The van der Waals surface area contributed by atoms with Crippen LogP contribution in [-0.4, -0.2) is 27.0 Å². The molecule has 2 heterocycles. The van der Waals surface area contributed by atoms with E-state index in [1.807, 2.05) is 31.5 Å². The van der Waals surface area contributed by atoms with Crippen molar-refractivity contribution in [1.82, 2.24) is 19.9 Å². The zero-order valence-corrected chi connectivity index (χ0v) is 18.0. The van der Waals surface area contributed by atoms with Crippen LogP contribution in [0.25, 0.3) is 11.0 Å². The van der Waals surface area contributed by atoms with Crippen LogP contribution in [-0.2, 0) is 13.2 Å². The van der Waals surface area contributed by atoms with Gasteiger partial charge in [0.05, 0.1) is 23.1 Å². The van der Waals surface area contributed by atoms with Crippen LogP contribution in [0, 0.1) is 6.92 Å². The molecule has 0 saturated carbocycles. The average molecular weight is 441 g/mol. The van der Waals surface area contributed by atoms with Crippen molar-refractivity contribution < 1.29 is 9.53 Å². The fraction of sp³-hybridized carbons (Fsp3) is 0.227. The molecule has 2 aromatic heterocycles. The number of benzene rings is 2. The van der Waals surface area contributed by atoms with Gasteiger partial charge in [0, 0.05) is 18.1 Å². The minimum atomic E-state index is -0.0989. The van der Waals surface area contributed by atoms with Gasteiger partial charge in [-0.25, -0.2) is 9.97 Å². The third kappa shape index (κ3) is 4.80. The van der Waals surface area contributed by atoms with Gasteiger partial charge in [-0.1, -0.05) is 23.7 Å². The largest absolute Gasteiger partial charge is 0.486 e. The van der Waals surface area contributed by atoms with Crippen LogP contribution in [0.15, 0.2) is 54.9 Å². The molecule has 0 unspecified atom stereocenters. The first-order valence-electron chi connectivity index (χ1n) is 9.63. The summed E-state index contributed by atoms with van der Waals surface area (Å²) in [6.07, 6.45) is 2.66. The molecule has 8 heteroatoms. The minimum absolute atomic E-state index is 0.0989. The summed E-state index contributed by atoms with van der Waals surface area (Å²) in [4.78, 5) is 22.0. The molecule has 0 spiro atoms. The van der Waals surface area contributed by atoms with Gasteiger partial charge in [-0.15, -0.1) is 11.3 Å². The molecule has 4 aromatic rings.